The van der Waals surface area contributed by atoms with Crippen molar-refractivity contribution in [3.63, 3.8) is 0 Å². The van der Waals surface area contributed by atoms with E-state index in [-0.39, 0.29) is 5.41 Å². The molecule has 18 heavy (non-hydrogen) atoms. The van der Waals surface area contributed by atoms with E-state index in [1.54, 1.807) is 0 Å². The Morgan fingerprint density at radius 2 is 2.11 bits per heavy atom. The molecule has 0 amide bonds. The third-order valence-electron chi connectivity index (χ3n) is 3.60. The van der Waals surface area contributed by atoms with E-state index in [1.165, 1.54) is 19.3 Å². The van der Waals surface area contributed by atoms with Gasteiger partial charge in [-0.15, -0.1) is 0 Å². The lowest BCUT2D eigenvalue weighted by molar-refractivity contribution is 0.444. The van der Waals surface area contributed by atoms with Crippen molar-refractivity contribution in [1.29, 1.82) is 0 Å². The van der Waals surface area contributed by atoms with Gasteiger partial charge < -0.3 is 5.32 Å². The Labute approximate surface area is 107 Å². The molecule has 0 radical (unpaired) electrons. The average Bonchev–Trinajstić information content (AvgIpc) is 2.67. The summed E-state index contributed by atoms with van der Waals surface area (Å²) in [6.45, 7) is 6.55. The maximum Gasteiger partial charge on any atom is 0.152 e. The van der Waals surface area contributed by atoms with Crippen molar-refractivity contribution in [2.45, 2.75) is 51.5 Å². The molecule has 0 aliphatic heterocycles. The quantitative estimate of drug-likeness (QED) is 0.883. The van der Waals surface area contributed by atoms with Crippen molar-refractivity contribution in [3.8, 4) is 0 Å². The van der Waals surface area contributed by atoms with Crippen LogP contribution in [0.25, 0.3) is 5.52 Å². The fraction of sp³-hybridized carbons (Fsp3) is 0.571. The van der Waals surface area contributed by atoms with Gasteiger partial charge in [0.1, 0.15) is 5.52 Å². The van der Waals surface area contributed by atoms with Crippen molar-refractivity contribution in [1.82, 2.24) is 14.6 Å². The molecule has 2 aromatic rings. The lowest BCUT2D eigenvalue weighted by atomic mass is 9.92. The summed E-state index contributed by atoms with van der Waals surface area (Å²) in [4.78, 5) is 4.45. The van der Waals surface area contributed by atoms with E-state index in [2.05, 4.69) is 42.2 Å². The monoisotopic (exact) mass is 244 g/mol. The Morgan fingerprint density at radius 1 is 1.33 bits per heavy atom. The standard InChI is InChI=1S/C14H20N4/c1-14(2,3)12-9-11-13(16-10-5-4-6-10)15-7-8-18(11)17-12/h7-10H,4-6H2,1-3H3,(H,15,16). The molecule has 0 unspecified atom stereocenters. The minimum absolute atomic E-state index is 0.0692. The average molecular weight is 244 g/mol. The summed E-state index contributed by atoms with van der Waals surface area (Å²) in [5.41, 5.74) is 2.25. The van der Waals surface area contributed by atoms with Crippen LogP contribution in [0.15, 0.2) is 18.5 Å². The Bertz CT molecular complexity index is 561. The first-order valence-electron chi connectivity index (χ1n) is 6.65. The van der Waals surface area contributed by atoms with Gasteiger partial charge in [-0.2, -0.15) is 5.10 Å². The van der Waals surface area contributed by atoms with Crippen LogP contribution in [0.4, 0.5) is 5.82 Å². The molecular formula is C14H20N4. The van der Waals surface area contributed by atoms with Gasteiger partial charge in [0.2, 0.25) is 0 Å². The maximum atomic E-state index is 4.63. The summed E-state index contributed by atoms with van der Waals surface area (Å²) < 4.78 is 1.93. The van der Waals surface area contributed by atoms with Crippen LogP contribution < -0.4 is 5.32 Å². The van der Waals surface area contributed by atoms with Crippen LogP contribution in [0, 0.1) is 0 Å². The van der Waals surface area contributed by atoms with Gasteiger partial charge in [-0.05, 0) is 25.3 Å². The third kappa shape index (κ3) is 1.96. The van der Waals surface area contributed by atoms with Gasteiger partial charge in [0.05, 0.1) is 5.69 Å². The zero-order valence-electron chi connectivity index (χ0n) is 11.3. The first kappa shape index (κ1) is 11.5. The van der Waals surface area contributed by atoms with E-state index in [0.29, 0.717) is 6.04 Å². The molecular weight excluding hydrogens is 224 g/mol. The fourth-order valence-electron chi connectivity index (χ4n) is 2.15. The number of fused-ring (bicyclic) bond motifs is 1. The van der Waals surface area contributed by atoms with Gasteiger partial charge >= 0.3 is 0 Å². The molecule has 1 fully saturated rings. The molecule has 0 saturated heterocycles. The molecule has 4 heteroatoms. The van der Waals surface area contributed by atoms with E-state index >= 15 is 0 Å². The van der Waals surface area contributed by atoms with E-state index in [4.69, 9.17) is 0 Å². The Hall–Kier alpha value is -1.58. The lowest BCUT2D eigenvalue weighted by Gasteiger charge is -2.27. The first-order valence-corrected chi connectivity index (χ1v) is 6.65. The molecule has 0 spiro atoms. The van der Waals surface area contributed by atoms with Crippen LogP contribution in [0.5, 0.6) is 0 Å². The number of nitrogens with zero attached hydrogens (tertiary/aromatic N) is 3. The van der Waals surface area contributed by atoms with Gasteiger partial charge in [0, 0.05) is 23.9 Å². The molecule has 1 aliphatic rings. The predicted molar refractivity (Wildman–Crippen MR) is 72.9 cm³/mol. The van der Waals surface area contributed by atoms with Crippen LogP contribution in [-0.2, 0) is 5.41 Å². The molecule has 1 saturated carbocycles. The molecule has 0 atom stereocenters. The summed E-state index contributed by atoms with van der Waals surface area (Å²) in [7, 11) is 0. The second-order valence-electron chi connectivity index (χ2n) is 6.16. The highest BCUT2D eigenvalue weighted by Gasteiger charge is 2.21. The smallest absolute Gasteiger partial charge is 0.152 e. The number of hydrogen-bond donors (Lipinski definition) is 1. The second-order valence-corrected chi connectivity index (χ2v) is 6.16. The molecule has 1 aliphatic carbocycles. The molecule has 96 valence electrons. The molecule has 1 N–H and O–H groups in total. The predicted octanol–water partition coefficient (Wildman–Crippen LogP) is 2.99. The van der Waals surface area contributed by atoms with Crippen molar-refractivity contribution >= 4 is 11.3 Å². The molecule has 2 heterocycles. The molecule has 0 bridgehead atoms. The van der Waals surface area contributed by atoms with Gasteiger partial charge in [0.25, 0.3) is 0 Å². The van der Waals surface area contributed by atoms with E-state index in [1.807, 2.05) is 16.9 Å². The molecule has 4 nitrogen and oxygen atoms in total. The highest BCUT2D eigenvalue weighted by Crippen LogP contribution is 2.27. The summed E-state index contributed by atoms with van der Waals surface area (Å²) in [6, 6.07) is 2.74. The number of hydrogen-bond acceptors (Lipinski definition) is 3. The molecule has 2 aromatic heterocycles. The Kier molecular flexibility index (Phi) is 2.54. The van der Waals surface area contributed by atoms with E-state index < -0.39 is 0 Å². The zero-order chi connectivity index (χ0) is 12.8. The minimum atomic E-state index is 0.0692. The molecule has 0 aromatic carbocycles. The summed E-state index contributed by atoms with van der Waals surface area (Å²) in [6.07, 6.45) is 7.56. The summed E-state index contributed by atoms with van der Waals surface area (Å²) in [5, 5.41) is 8.15. The van der Waals surface area contributed by atoms with Crippen LogP contribution in [0.2, 0.25) is 0 Å². The van der Waals surface area contributed by atoms with Gasteiger partial charge in [0.15, 0.2) is 5.82 Å². The van der Waals surface area contributed by atoms with Crippen molar-refractivity contribution in [2.75, 3.05) is 5.32 Å². The molecule has 3 rings (SSSR count). The third-order valence-corrected chi connectivity index (χ3v) is 3.60. The lowest BCUT2D eigenvalue weighted by Crippen LogP contribution is -2.27. The summed E-state index contributed by atoms with van der Waals surface area (Å²) in [5.74, 6) is 0.963. The number of aromatic nitrogens is 3. The largest absolute Gasteiger partial charge is 0.366 e. The van der Waals surface area contributed by atoms with Crippen LogP contribution in [0.1, 0.15) is 45.7 Å². The van der Waals surface area contributed by atoms with Gasteiger partial charge in [-0.3, -0.25) is 0 Å². The topological polar surface area (TPSA) is 42.2 Å². The number of anilines is 1. The van der Waals surface area contributed by atoms with E-state index in [9.17, 15) is 0 Å². The summed E-state index contributed by atoms with van der Waals surface area (Å²) >= 11 is 0. The van der Waals surface area contributed by atoms with Crippen LogP contribution in [0.3, 0.4) is 0 Å². The SMILES string of the molecule is CC(C)(C)c1cc2c(NC3CCC3)nccn2n1. The number of nitrogens with one attached hydrogen (secondary N) is 1. The second kappa shape index (κ2) is 3.97. The minimum Gasteiger partial charge on any atom is -0.366 e. The van der Waals surface area contributed by atoms with Crippen LogP contribution in [-0.4, -0.2) is 20.6 Å². The zero-order valence-corrected chi connectivity index (χ0v) is 11.3. The highest BCUT2D eigenvalue weighted by molar-refractivity contribution is 5.68. The highest BCUT2D eigenvalue weighted by atomic mass is 15.2. The van der Waals surface area contributed by atoms with Gasteiger partial charge in [-0.25, -0.2) is 9.50 Å². The first-order chi connectivity index (χ1) is 8.54. The van der Waals surface area contributed by atoms with Crippen molar-refractivity contribution in [3.05, 3.63) is 24.2 Å². The Balaban J connectivity index is 2.01. The normalized spacial score (nSPS) is 16.8. The van der Waals surface area contributed by atoms with Gasteiger partial charge in [-0.1, -0.05) is 20.8 Å². The van der Waals surface area contributed by atoms with Crippen LogP contribution >= 0.6 is 0 Å². The Morgan fingerprint density at radius 3 is 2.72 bits per heavy atom. The number of rotatable bonds is 2. The fourth-order valence-corrected chi connectivity index (χ4v) is 2.15. The maximum absolute atomic E-state index is 4.63. The van der Waals surface area contributed by atoms with Crippen molar-refractivity contribution in [2.24, 2.45) is 0 Å². The van der Waals surface area contributed by atoms with Crippen molar-refractivity contribution < 1.29 is 0 Å². The van der Waals surface area contributed by atoms with E-state index in [0.717, 1.165) is 17.0 Å².